The average molecular weight is 505 g/mol. The Morgan fingerprint density at radius 3 is 2.53 bits per heavy atom. The van der Waals surface area contributed by atoms with Crippen LogP contribution >= 0.6 is 11.6 Å². The number of carbonyl (C=O) groups is 2. The van der Waals surface area contributed by atoms with Crippen molar-refractivity contribution in [3.05, 3.63) is 93.8 Å². The standard InChI is InChI=1S/C30H33ClN2O3/c1-5-10-23-16-24-26-25(19(2)27(24)32(23)17-20-11-9-14-22(31)15-20)18-33(30(26,3)29(35)36-4)28(34)21-12-7-6-8-13-21/h6-9,11-16,19,25-26H,5,10,17-18H2,1-4H3/t19?,25-,26+,30+/m0/s1. The van der Waals surface area contributed by atoms with Gasteiger partial charge in [0.25, 0.3) is 5.91 Å². The number of hydrogen-bond donors (Lipinski definition) is 0. The second-order valence-electron chi connectivity index (χ2n) is 10.3. The lowest BCUT2D eigenvalue weighted by Gasteiger charge is -2.36. The van der Waals surface area contributed by atoms with E-state index in [1.807, 2.05) is 55.5 Å². The molecule has 36 heavy (non-hydrogen) atoms. The van der Waals surface area contributed by atoms with Crippen LogP contribution in [0, 0.1) is 5.92 Å². The molecule has 0 bridgehead atoms. The molecule has 1 amide bonds. The molecule has 1 unspecified atom stereocenters. The SMILES string of the molecule is CCCc1cc2c(n1Cc1cccc(Cl)c1)C(C)[C@@H]1CN(C(=O)c3ccccc3)[C@@](C)(C(=O)OC)[C@H]21. The lowest BCUT2D eigenvalue weighted by Crippen LogP contribution is -2.54. The molecule has 188 valence electrons. The smallest absolute Gasteiger partial charge is 0.332 e. The number of carbonyl (C=O) groups excluding carboxylic acids is 2. The van der Waals surface area contributed by atoms with Crippen molar-refractivity contribution in [3.63, 3.8) is 0 Å². The van der Waals surface area contributed by atoms with Gasteiger partial charge in [0.2, 0.25) is 0 Å². The highest BCUT2D eigenvalue weighted by Crippen LogP contribution is 2.59. The molecule has 6 heteroatoms. The van der Waals surface area contributed by atoms with Crippen molar-refractivity contribution in [2.45, 2.75) is 57.5 Å². The molecule has 4 atom stereocenters. The lowest BCUT2D eigenvalue weighted by atomic mass is 9.78. The predicted octanol–water partition coefficient (Wildman–Crippen LogP) is 6.05. The molecule has 3 aromatic rings. The molecular formula is C30H33ClN2O3. The van der Waals surface area contributed by atoms with E-state index in [-0.39, 0.29) is 29.6 Å². The van der Waals surface area contributed by atoms with Crippen LogP contribution in [-0.4, -0.2) is 40.5 Å². The number of likely N-dealkylation sites (tertiary alicyclic amines) is 1. The Kier molecular flexibility index (Phi) is 6.46. The van der Waals surface area contributed by atoms with Crippen LogP contribution in [-0.2, 0) is 22.5 Å². The molecule has 1 fully saturated rings. The number of aryl methyl sites for hydroxylation is 1. The Morgan fingerprint density at radius 2 is 1.86 bits per heavy atom. The molecule has 5 rings (SSSR count). The van der Waals surface area contributed by atoms with E-state index < -0.39 is 5.54 Å². The van der Waals surface area contributed by atoms with Crippen LogP contribution in [0.15, 0.2) is 60.7 Å². The first-order chi connectivity index (χ1) is 17.3. The number of ether oxygens (including phenoxy) is 1. The van der Waals surface area contributed by atoms with E-state index in [1.54, 1.807) is 4.90 Å². The second kappa shape index (κ2) is 9.44. The number of nitrogens with zero attached hydrogens (tertiary/aromatic N) is 2. The van der Waals surface area contributed by atoms with Gasteiger partial charge in [-0.2, -0.15) is 0 Å². The molecule has 1 aliphatic carbocycles. The topological polar surface area (TPSA) is 51.5 Å². The number of benzene rings is 2. The minimum atomic E-state index is -1.09. The van der Waals surface area contributed by atoms with E-state index in [2.05, 4.69) is 30.5 Å². The lowest BCUT2D eigenvalue weighted by molar-refractivity contribution is -0.151. The van der Waals surface area contributed by atoms with Crippen molar-refractivity contribution >= 4 is 23.5 Å². The summed E-state index contributed by atoms with van der Waals surface area (Å²) in [7, 11) is 1.41. The van der Waals surface area contributed by atoms with Crippen LogP contribution in [0.2, 0.25) is 5.02 Å². The molecule has 1 aromatic heterocycles. The van der Waals surface area contributed by atoms with E-state index in [0.29, 0.717) is 12.1 Å². The number of aromatic nitrogens is 1. The molecule has 1 saturated heterocycles. The average Bonchev–Trinajstić information content (AvgIpc) is 3.47. The first kappa shape index (κ1) is 24.6. The molecular weight excluding hydrogens is 472 g/mol. The van der Waals surface area contributed by atoms with E-state index in [4.69, 9.17) is 16.3 Å². The molecule has 0 saturated carbocycles. The maximum Gasteiger partial charge on any atom is 0.332 e. The zero-order chi connectivity index (χ0) is 25.6. The van der Waals surface area contributed by atoms with Crippen molar-refractivity contribution in [1.29, 1.82) is 0 Å². The van der Waals surface area contributed by atoms with Gasteiger partial charge in [0.1, 0.15) is 5.54 Å². The molecule has 0 spiro atoms. The molecule has 2 heterocycles. The number of fused-ring (bicyclic) bond motifs is 3. The summed E-state index contributed by atoms with van der Waals surface area (Å²) in [5.41, 5.74) is 4.36. The summed E-state index contributed by atoms with van der Waals surface area (Å²) in [5, 5.41) is 0.728. The quantitative estimate of drug-likeness (QED) is 0.384. The summed E-state index contributed by atoms with van der Waals surface area (Å²) in [6.07, 6.45) is 1.97. The molecule has 2 aliphatic rings. The zero-order valence-electron chi connectivity index (χ0n) is 21.3. The van der Waals surface area contributed by atoms with Crippen LogP contribution in [0.1, 0.15) is 71.9 Å². The maximum atomic E-state index is 13.7. The van der Waals surface area contributed by atoms with Gasteiger partial charge in [0, 0.05) is 46.9 Å². The third-order valence-electron chi connectivity index (χ3n) is 8.25. The number of halogens is 1. The summed E-state index contributed by atoms with van der Waals surface area (Å²) >= 11 is 6.30. The fraction of sp³-hybridized carbons (Fsp3) is 0.400. The fourth-order valence-corrected chi connectivity index (χ4v) is 6.83. The zero-order valence-corrected chi connectivity index (χ0v) is 22.1. The largest absolute Gasteiger partial charge is 0.467 e. The number of rotatable bonds is 6. The summed E-state index contributed by atoms with van der Waals surface area (Å²) in [6.45, 7) is 7.56. The van der Waals surface area contributed by atoms with Crippen LogP contribution in [0.5, 0.6) is 0 Å². The van der Waals surface area contributed by atoms with Gasteiger partial charge in [0.05, 0.1) is 7.11 Å². The van der Waals surface area contributed by atoms with Crippen LogP contribution in [0.25, 0.3) is 0 Å². The normalized spacial score (nSPS) is 24.5. The van der Waals surface area contributed by atoms with E-state index in [1.165, 1.54) is 24.1 Å². The van der Waals surface area contributed by atoms with Crippen molar-refractivity contribution in [3.8, 4) is 0 Å². The predicted molar refractivity (Wildman–Crippen MR) is 142 cm³/mol. The van der Waals surface area contributed by atoms with Crippen LogP contribution in [0.3, 0.4) is 0 Å². The molecule has 0 N–H and O–H groups in total. The van der Waals surface area contributed by atoms with Crippen LogP contribution < -0.4 is 0 Å². The number of amides is 1. The summed E-state index contributed by atoms with van der Waals surface area (Å²) in [4.78, 5) is 28.9. The van der Waals surface area contributed by atoms with Gasteiger partial charge in [-0.05, 0) is 60.7 Å². The van der Waals surface area contributed by atoms with Crippen molar-refractivity contribution < 1.29 is 14.3 Å². The third kappa shape index (κ3) is 3.76. The first-order valence-electron chi connectivity index (χ1n) is 12.7. The summed E-state index contributed by atoms with van der Waals surface area (Å²) in [5.74, 6) is -0.294. The van der Waals surface area contributed by atoms with Crippen molar-refractivity contribution in [2.75, 3.05) is 13.7 Å². The Hall–Kier alpha value is -3.05. The fourth-order valence-electron chi connectivity index (χ4n) is 6.62. The minimum Gasteiger partial charge on any atom is -0.467 e. The Morgan fingerprint density at radius 1 is 1.11 bits per heavy atom. The van der Waals surface area contributed by atoms with Gasteiger partial charge in [-0.1, -0.05) is 62.2 Å². The summed E-state index contributed by atoms with van der Waals surface area (Å²) < 4.78 is 7.78. The highest BCUT2D eigenvalue weighted by atomic mass is 35.5. The van der Waals surface area contributed by atoms with Crippen molar-refractivity contribution in [1.82, 2.24) is 9.47 Å². The van der Waals surface area contributed by atoms with E-state index >= 15 is 0 Å². The monoisotopic (exact) mass is 504 g/mol. The first-order valence-corrected chi connectivity index (χ1v) is 13.1. The summed E-state index contributed by atoms with van der Waals surface area (Å²) in [6, 6.07) is 19.5. The highest BCUT2D eigenvalue weighted by Gasteiger charge is 2.63. The molecule has 2 aromatic carbocycles. The highest BCUT2D eigenvalue weighted by molar-refractivity contribution is 6.30. The maximum absolute atomic E-state index is 13.7. The number of methoxy groups -OCH3 is 1. The van der Waals surface area contributed by atoms with Gasteiger partial charge < -0.3 is 14.2 Å². The Labute approximate surface area is 218 Å². The van der Waals surface area contributed by atoms with Crippen molar-refractivity contribution in [2.24, 2.45) is 5.92 Å². The van der Waals surface area contributed by atoms with Gasteiger partial charge in [-0.15, -0.1) is 0 Å². The number of esters is 1. The Bertz CT molecular complexity index is 1300. The molecule has 0 radical (unpaired) electrons. The van der Waals surface area contributed by atoms with Gasteiger partial charge in [-0.25, -0.2) is 4.79 Å². The molecule has 5 nitrogen and oxygen atoms in total. The van der Waals surface area contributed by atoms with Gasteiger partial charge in [-0.3, -0.25) is 4.79 Å². The Balaban J connectivity index is 1.61. The second-order valence-corrected chi connectivity index (χ2v) is 10.7. The van der Waals surface area contributed by atoms with Crippen LogP contribution in [0.4, 0.5) is 0 Å². The minimum absolute atomic E-state index is 0.126. The van der Waals surface area contributed by atoms with E-state index in [9.17, 15) is 9.59 Å². The van der Waals surface area contributed by atoms with Gasteiger partial charge >= 0.3 is 5.97 Å². The molecule has 1 aliphatic heterocycles. The third-order valence-corrected chi connectivity index (χ3v) is 8.49. The van der Waals surface area contributed by atoms with Gasteiger partial charge in [0.15, 0.2) is 0 Å². The number of hydrogen-bond acceptors (Lipinski definition) is 3. The van der Waals surface area contributed by atoms with E-state index in [0.717, 1.165) is 30.0 Å².